The number of para-hydroxylation sites is 1. The maximum Gasteiger partial charge on any atom is 0.345 e. The number of nitrogens with one attached hydrogen (secondary N) is 1. The van der Waals surface area contributed by atoms with E-state index in [9.17, 15) is 14.0 Å². The van der Waals surface area contributed by atoms with Crippen LogP contribution in [0.5, 0.6) is 11.5 Å². The summed E-state index contributed by atoms with van der Waals surface area (Å²) in [6.45, 7) is 0.186. The largest absolute Gasteiger partial charge is 0.488 e. The van der Waals surface area contributed by atoms with Crippen molar-refractivity contribution in [2.45, 2.75) is 6.61 Å². The number of rotatable bonds is 8. The molecule has 0 radical (unpaired) electrons. The van der Waals surface area contributed by atoms with E-state index in [4.69, 9.17) is 9.47 Å². The fraction of sp³-hybridized carbons (Fsp3) is 0.0370. The Morgan fingerprint density at radius 3 is 2.46 bits per heavy atom. The van der Waals surface area contributed by atoms with Gasteiger partial charge in [0.05, 0.1) is 17.3 Å². The molecule has 0 atom stereocenters. The van der Waals surface area contributed by atoms with Crippen LogP contribution in [0.25, 0.3) is 0 Å². The minimum Gasteiger partial charge on any atom is -0.488 e. The number of benzene rings is 3. The van der Waals surface area contributed by atoms with Gasteiger partial charge in [0.1, 0.15) is 23.9 Å². The highest BCUT2D eigenvalue weighted by molar-refractivity contribution is 5.97. The topological polar surface area (TPSA) is 89.9 Å². The number of carbonyl (C=O) groups is 2. The lowest BCUT2D eigenvalue weighted by atomic mass is 10.2. The van der Waals surface area contributed by atoms with Gasteiger partial charge in [-0.3, -0.25) is 9.78 Å². The molecule has 0 unspecified atom stereocenters. The first-order valence-corrected chi connectivity index (χ1v) is 10.6. The Bertz CT molecular complexity index is 1320. The number of nitrogens with zero attached hydrogens (tertiary/aromatic N) is 2. The van der Waals surface area contributed by atoms with Crippen molar-refractivity contribution >= 4 is 18.1 Å². The van der Waals surface area contributed by atoms with Gasteiger partial charge in [0, 0.05) is 12.4 Å². The lowest BCUT2D eigenvalue weighted by molar-refractivity contribution is 0.0734. The van der Waals surface area contributed by atoms with E-state index in [0.717, 1.165) is 5.56 Å². The highest BCUT2D eigenvalue weighted by atomic mass is 19.1. The average molecular weight is 469 g/mol. The van der Waals surface area contributed by atoms with Crippen LogP contribution in [0.1, 0.15) is 31.8 Å². The standard InChI is InChI=1S/C27H20FN3O4/c28-22-11-7-20(8-12-22)18-34-25-6-2-1-5-24(25)26(32)31-30-16-19-9-13-23(14-10-19)35-27(33)21-4-3-15-29-17-21/h1-17H,18H2,(H,31,32)/b30-16+. The molecule has 0 saturated carbocycles. The number of halogens is 1. The van der Waals surface area contributed by atoms with E-state index in [-0.39, 0.29) is 12.4 Å². The van der Waals surface area contributed by atoms with Crippen molar-refractivity contribution in [1.82, 2.24) is 10.4 Å². The van der Waals surface area contributed by atoms with E-state index in [1.54, 1.807) is 79.0 Å². The first-order valence-electron chi connectivity index (χ1n) is 10.6. The second kappa shape index (κ2) is 11.3. The zero-order chi connectivity index (χ0) is 24.5. The van der Waals surface area contributed by atoms with Gasteiger partial charge < -0.3 is 9.47 Å². The minimum absolute atomic E-state index is 0.186. The molecular formula is C27H20FN3O4. The molecule has 0 aliphatic carbocycles. The molecule has 0 bridgehead atoms. The SMILES string of the molecule is O=C(Oc1ccc(/C=N/NC(=O)c2ccccc2OCc2ccc(F)cc2)cc1)c1cccnc1. The van der Waals surface area contributed by atoms with Crippen LogP contribution in [-0.4, -0.2) is 23.1 Å². The molecule has 3 aromatic carbocycles. The van der Waals surface area contributed by atoms with Crippen LogP contribution in [0.15, 0.2) is 102 Å². The van der Waals surface area contributed by atoms with E-state index in [0.29, 0.717) is 28.2 Å². The van der Waals surface area contributed by atoms with Crippen molar-refractivity contribution in [1.29, 1.82) is 0 Å². The molecule has 1 aromatic heterocycles. The molecule has 1 amide bonds. The summed E-state index contributed by atoms with van der Waals surface area (Å²) < 4.78 is 24.1. The van der Waals surface area contributed by atoms with Gasteiger partial charge >= 0.3 is 5.97 Å². The van der Waals surface area contributed by atoms with E-state index in [2.05, 4.69) is 15.5 Å². The molecule has 174 valence electrons. The fourth-order valence-electron chi connectivity index (χ4n) is 3.02. The summed E-state index contributed by atoms with van der Waals surface area (Å²) in [6.07, 6.45) is 4.47. The average Bonchev–Trinajstić information content (AvgIpc) is 2.90. The zero-order valence-corrected chi connectivity index (χ0v) is 18.4. The van der Waals surface area contributed by atoms with Crippen molar-refractivity contribution in [3.05, 3.63) is 125 Å². The second-order valence-electron chi connectivity index (χ2n) is 7.31. The molecule has 4 rings (SSSR count). The Morgan fingerprint density at radius 1 is 0.943 bits per heavy atom. The summed E-state index contributed by atoms with van der Waals surface area (Å²) >= 11 is 0. The van der Waals surface area contributed by atoms with E-state index >= 15 is 0 Å². The predicted octanol–water partition coefficient (Wildman–Crippen LogP) is 4.78. The predicted molar refractivity (Wildman–Crippen MR) is 128 cm³/mol. The van der Waals surface area contributed by atoms with Gasteiger partial charge in [-0.25, -0.2) is 14.6 Å². The second-order valence-corrected chi connectivity index (χ2v) is 7.31. The highest BCUT2D eigenvalue weighted by Crippen LogP contribution is 2.19. The number of hydrogen-bond donors (Lipinski definition) is 1. The molecular weight excluding hydrogens is 449 g/mol. The molecule has 0 aliphatic heterocycles. The molecule has 8 heteroatoms. The normalized spacial score (nSPS) is 10.7. The van der Waals surface area contributed by atoms with Gasteiger partial charge in [0.15, 0.2) is 0 Å². The maximum atomic E-state index is 13.1. The molecule has 0 aliphatic rings. The van der Waals surface area contributed by atoms with Crippen LogP contribution in [0.4, 0.5) is 4.39 Å². The Labute approximate surface area is 200 Å². The maximum absolute atomic E-state index is 13.1. The van der Waals surface area contributed by atoms with Crippen LogP contribution < -0.4 is 14.9 Å². The lowest BCUT2D eigenvalue weighted by Gasteiger charge is -2.10. The van der Waals surface area contributed by atoms with Crippen LogP contribution in [0.3, 0.4) is 0 Å². The number of amides is 1. The molecule has 0 saturated heterocycles. The summed E-state index contributed by atoms with van der Waals surface area (Å²) in [5.41, 5.74) is 4.59. The van der Waals surface area contributed by atoms with Crippen LogP contribution in [0.2, 0.25) is 0 Å². The summed E-state index contributed by atoms with van der Waals surface area (Å²) in [6, 6.07) is 22.6. The van der Waals surface area contributed by atoms with E-state index < -0.39 is 11.9 Å². The number of hydrazone groups is 1. The quantitative estimate of drug-likeness (QED) is 0.174. The number of pyridine rings is 1. The van der Waals surface area contributed by atoms with Crippen molar-refractivity contribution in [2.75, 3.05) is 0 Å². The van der Waals surface area contributed by atoms with Gasteiger partial charge in [-0.05, 0) is 71.8 Å². The van der Waals surface area contributed by atoms with Crippen molar-refractivity contribution in [3.63, 3.8) is 0 Å². The highest BCUT2D eigenvalue weighted by Gasteiger charge is 2.12. The Kier molecular flexibility index (Phi) is 7.55. The fourth-order valence-corrected chi connectivity index (χ4v) is 3.02. The smallest absolute Gasteiger partial charge is 0.345 e. The van der Waals surface area contributed by atoms with Gasteiger partial charge in [-0.2, -0.15) is 5.10 Å². The summed E-state index contributed by atoms with van der Waals surface area (Å²) in [4.78, 5) is 28.6. The molecule has 0 spiro atoms. The first kappa shape index (κ1) is 23.3. The summed E-state index contributed by atoms with van der Waals surface area (Å²) in [5, 5.41) is 3.99. The summed E-state index contributed by atoms with van der Waals surface area (Å²) in [7, 11) is 0. The van der Waals surface area contributed by atoms with E-state index in [1.165, 1.54) is 24.5 Å². The lowest BCUT2D eigenvalue weighted by Crippen LogP contribution is -2.18. The molecule has 1 heterocycles. The molecule has 35 heavy (non-hydrogen) atoms. The number of esters is 1. The number of ether oxygens (including phenoxy) is 2. The number of hydrogen-bond acceptors (Lipinski definition) is 6. The molecule has 1 N–H and O–H groups in total. The van der Waals surface area contributed by atoms with Crippen molar-refractivity contribution in [3.8, 4) is 11.5 Å². The first-order chi connectivity index (χ1) is 17.1. The van der Waals surface area contributed by atoms with Gasteiger partial charge in [0.25, 0.3) is 5.91 Å². The Morgan fingerprint density at radius 2 is 1.71 bits per heavy atom. The molecule has 7 nitrogen and oxygen atoms in total. The molecule has 4 aromatic rings. The van der Waals surface area contributed by atoms with Gasteiger partial charge in [-0.15, -0.1) is 0 Å². The summed E-state index contributed by atoms with van der Waals surface area (Å²) in [5.74, 6) is -0.534. The Balaban J connectivity index is 1.33. The molecule has 0 fully saturated rings. The van der Waals surface area contributed by atoms with E-state index in [1.807, 2.05) is 0 Å². The van der Waals surface area contributed by atoms with Crippen LogP contribution in [-0.2, 0) is 6.61 Å². The minimum atomic E-state index is -0.507. The zero-order valence-electron chi connectivity index (χ0n) is 18.4. The van der Waals surface area contributed by atoms with Crippen LogP contribution in [0, 0.1) is 5.82 Å². The van der Waals surface area contributed by atoms with Gasteiger partial charge in [-0.1, -0.05) is 24.3 Å². The third-order valence-corrected chi connectivity index (χ3v) is 4.81. The monoisotopic (exact) mass is 469 g/mol. The van der Waals surface area contributed by atoms with Crippen molar-refractivity contribution in [2.24, 2.45) is 5.10 Å². The Hall–Kier alpha value is -4.85. The van der Waals surface area contributed by atoms with Gasteiger partial charge in [0.2, 0.25) is 0 Å². The third-order valence-electron chi connectivity index (χ3n) is 4.81. The number of aromatic nitrogens is 1. The third kappa shape index (κ3) is 6.58. The van der Waals surface area contributed by atoms with Crippen LogP contribution >= 0.6 is 0 Å². The number of carbonyl (C=O) groups excluding carboxylic acids is 2. The van der Waals surface area contributed by atoms with Crippen molar-refractivity contribution < 1.29 is 23.5 Å².